The second kappa shape index (κ2) is 7.82. The number of hydrogen-bond acceptors (Lipinski definition) is 4. The summed E-state index contributed by atoms with van der Waals surface area (Å²) in [6, 6.07) is 7.96. The molecule has 0 saturated carbocycles. The highest BCUT2D eigenvalue weighted by Crippen LogP contribution is 2.33. The van der Waals surface area contributed by atoms with Crippen molar-refractivity contribution in [3.8, 4) is 0 Å². The summed E-state index contributed by atoms with van der Waals surface area (Å²) >= 11 is 3.20. The maximum Gasteiger partial charge on any atom is 0.346 e. The van der Waals surface area contributed by atoms with Gasteiger partial charge < -0.3 is 10.0 Å². The molecule has 0 saturated heterocycles. The second-order valence-corrected chi connectivity index (χ2v) is 6.95. The lowest BCUT2D eigenvalue weighted by molar-refractivity contribution is 0.0701. The Balaban J connectivity index is 2.07. The molecule has 1 aromatic carbocycles. The van der Waals surface area contributed by atoms with Crippen molar-refractivity contribution in [3.05, 3.63) is 34.7 Å². The summed E-state index contributed by atoms with van der Waals surface area (Å²) in [5, 5.41) is 10.5. The molecular formula is C16H21NO2S2. The minimum atomic E-state index is -0.810. The molecule has 0 aliphatic rings. The Hall–Kier alpha value is -1.04. The lowest BCUT2D eigenvalue weighted by atomic mass is 10.1. The molecule has 0 unspecified atom stereocenters. The van der Waals surface area contributed by atoms with Gasteiger partial charge in [-0.1, -0.05) is 32.0 Å². The second-order valence-electron chi connectivity index (χ2n) is 4.79. The maximum absolute atomic E-state index is 11.4. The Bertz CT molecular complexity index is 605. The molecule has 0 fully saturated rings. The molecule has 1 aromatic heterocycles. The molecular weight excluding hydrogens is 302 g/mol. The summed E-state index contributed by atoms with van der Waals surface area (Å²) in [4.78, 5) is 14.3. The van der Waals surface area contributed by atoms with Crippen LogP contribution < -0.4 is 0 Å². The van der Waals surface area contributed by atoms with E-state index >= 15 is 0 Å². The fourth-order valence-corrected chi connectivity index (χ4v) is 4.51. The SMILES string of the molecule is CCN(CC)CCSCc1c(C(=O)O)sc2ccccc12. The summed E-state index contributed by atoms with van der Waals surface area (Å²) in [6.07, 6.45) is 0. The van der Waals surface area contributed by atoms with Crippen molar-refractivity contribution in [1.82, 2.24) is 4.90 Å². The number of thioether (sulfide) groups is 1. The lowest BCUT2D eigenvalue weighted by Gasteiger charge is -2.17. The molecule has 0 radical (unpaired) electrons. The summed E-state index contributed by atoms with van der Waals surface area (Å²) in [5.41, 5.74) is 0.979. The van der Waals surface area contributed by atoms with Crippen molar-refractivity contribution >= 4 is 39.2 Å². The van der Waals surface area contributed by atoms with Crippen LogP contribution in [0, 0.1) is 0 Å². The topological polar surface area (TPSA) is 40.5 Å². The number of nitrogens with zero attached hydrogens (tertiary/aromatic N) is 1. The molecule has 0 spiro atoms. The molecule has 5 heteroatoms. The normalized spacial score (nSPS) is 11.4. The number of thiophene rings is 1. The molecule has 1 N–H and O–H groups in total. The first-order chi connectivity index (χ1) is 10.2. The van der Waals surface area contributed by atoms with E-state index in [1.807, 2.05) is 36.0 Å². The van der Waals surface area contributed by atoms with Gasteiger partial charge in [0, 0.05) is 22.8 Å². The van der Waals surface area contributed by atoms with Gasteiger partial charge in [0.2, 0.25) is 0 Å². The smallest absolute Gasteiger partial charge is 0.346 e. The molecule has 2 aromatic rings. The molecule has 2 rings (SSSR count). The zero-order valence-electron chi connectivity index (χ0n) is 12.5. The molecule has 0 bridgehead atoms. The van der Waals surface area contributed by atoms with E-state index in [0.717, 1.165) is 46.8 Å². The molecule has 3 nitrogen and oxygen atoms in total. The molecule has 0 aliphatic heterocycles. The number of rotatable bonds is 8. The van der Waals surface area contributed by atoms with Crippen molar-refractivity contribution in [1.29, 1.82) is 0 Å². The average Bonchev–Trinajstić information content (AvgIpc) is 2.86. The van der Waals surface area contributed by atoms with Crippen LogP contribution in [0.25, 0.3) is 10.1 Å². The van der Waals surface area contributed by atoms with Crippen molar-refractivity contribution in [2.45, 2.75) is 19.6 Å². The van der Waals surface area contributed by atoms with Crippen LogP contribution >= 0.6 is 23.1 Å². The van der Waals surface area contributed by atoms with E-state index in [9.17, 15) is 9.90 Å². The summed E-state index contributed by atoms with van der Waals surface area (Å²) in [7, 11) is 0. The number of hydrogen-bond donors (Lipinski definition) is 1. The quantitative estimate of drug-likeness (QED) is 0.740. The first-order valence-corrected chi connectivity index (χ1v) is 9.18. The molecule has 114 valence electrons. The minimum Gasteiger partial charge on any atom is -0.477 e. The van der Waals surface area contributed by atoms with Gasteiger partial charge >= 0.3 is 5.97 Å². The van der Waals surface area contributed by atoms with E-state index in [1.54, 1.807) is 0 Å². The van der Waals surface area contributed by atoms with Gasteiger partial charge in [-0.05, 0) is 30.1 Å². The van der Waals surface area contributed by atoms with Gasteiger partial charge in [-0.2, -0.15) is 11.8 Å². The Labute approximate surface area is 134 Å². The van der Waals surface area contributed by atoms with Gasteiger partial charge in [-0.3, -0.25) is 0 Å². The Morgan fingerprint density at radius 1 is 1.29 bits per heavy atom. The van der Waals surface area contributed by atoms with Gasteiger partial charge in [-0.25, -0.2) is 4.79 Å². The standard InChI is InChI=1S/C16H21NO2S2/c1-3-17(4-2)9-10-20-11-13-12-7-5-6-8-14(12)21-15(13)16(18)19/h5-8H,3-4,9-11H2,1-2H3,(H,18,19). The number of aromatic carboxylic acids is 1. The number of benzene rings is 1. The third-order valence-corrected chi connectivity index (χ3v) is 5.75. The number of fused-ring (bicyclic) bond motifs is 1. The molecule has 0 amide bonds. The molecule has 0 atom stereocenters. The van der Waals surface area contributed by atoms with Crippen LogP contribution in [-0.4, -0.2) is 41.4 Å². The molecule has 0 aliphatic carbocycles. The van der Waals surface area contributed by atoms with E-state index in [-0.39, 0.29) is 0 Å². The van der Waals surface area contributed by atoms with Gasteiger partial charge in [0.15, 0.2) is 0 Å². The van der Waals surface area contributed by atoms with Crippen LogP contribution in [0.2, 0.25) is 0 Å². The first-order valence-electron chi connectivity index (χ1n) is 7.21. The van der Waals surface area contributed by atoms with Gasteiger partial charge in [0.05, 0.1) is 0 Å². The predicted octanol–water partition coefficient (Wildman–Crippen LogP) is 4.17. The monoisotopic (exact) mass is 323 g/mol. The lowest BCUT2D eigenvalue weighted by Crippen LogP contribution is -2.25. The maximum atomic E-state index is 11.4. The number of carbonyl (C=O) groups is 1. The predicted molar refractivity (Wildman–Crippen MR) is 92.7 cm³/mol. The average molecular weight is 323 g/mol. The minimum absolute atomic E-state index is 0.492. The van der Waals surface area contributed by atoms with E-state index < -0.39 is 5.97 Å². The highest BCUT2D eigenvalue weighted by Gasteiger charge is 2.17. The fraction of sp³-hybridized carbons (Fsp3) is 0.438. The third-order valence-electron chi connectivity index (χ3n) is 3.59. The Morgan fingerprint density at radius 2 is 2.00 bits per heavy atom. The summed E-state index contributed by atoms with van der Waals surface area (Å²) in [5.74, 6) is 0.994. The van der Waals surface area contributed by atoms with E-state index in [1.165, 1.54) is 11.3 Å². The van der Waals surface area contributed by atoms with Crippen molar-refractivity contribution < 1.29 is 9.90 Å². The number of carboxylic acid groups (broad SMARTS) is 1. The molecule has 1 heterocycles. The first kappa shape index (κ1) is 16.3. The highest BCUT2D eigenvalue weighted by molar-refractivity contribution is 7.98. The van der Waals surface area contributed by atoms with E-state index in [2.05, 4.69) is 18.7 Å². The molecule has 21 heavy (non-hydrogen) atoms. The van der Waals surface area contributed by atoms with Crippen LogP contribution in [0.4, 0.5) is 0 Å². The van der Waals surface area contributed by atoms with Gasteiger partial charge in [0.1, 0.15) is 4.88 Å². The van der Waals surface area contributed by atoms with Gasteiger partial charge in [0.25, 0.3) is 0 Å². The zero-order valence-corrected chi connectivity index (χ0v) is 14.1. The van der Waals surface area contributed by atoms with Crippen LogP contribution in [0.1, 0.15) is 29.1 Å². The highest BCUT2D eigenvalue weighted by atomic mass is 32.2. The van der Waals surface area contributed by atoms with Crippen LogP contribution in [0.3, 0.4) is 0 Å². The van der Waals surface area contributed by atoms with E-state index in [4.69, 9.17) is 0 Å². The van der Waals surface area contributed by atoms with Crippen molar-refractivity contribution in [3.63, 3.8) is 0 Å². The Morgan fingerprint density at radius 3 is 2.67 bits per heavy atom. The Kier molecular flexibility index (Phi) is 6.08. The summed E-state index contributed by atoms with van der Waals surface area (Å²) in [6.45, 7) is 7.53. The largest absolute Gasteiger partial charge is 0.477 e. The summed E-state index contributed by atoms with van der Waals surface area (Å²) < 4.78 is 1.06. The fourth-order valence-electron chi connectivity index (χ4n) is 2.32. The zero-order chi connectivity index (χ0) is 15.2. The van der Waals surface area contributed by atoms with Crippen LogP contribution in [0.15, 0.2) is 24.3 Å². The van der Waals surface area contributed by atoms with Crippen molar-refractivity contribution in [2.24, 2.45) is 0 Å². The third kappa shape index (κ3) is 3.99. The van der Waals surface area contributed by atoms with Crippen LogP contribution in [0.5, 0.6) is 0 Å². The van der Waals surface area contributed by atoms with Crippen LogP contribution in [-0.2, 0) is 5.75 Å². The van der Waals surface area contributed by atoms with Crippen molar-refractivity contribution in [2.75, 3.05) is 25.4 Å². The number of carboxylic acids is 1. The van der Waals surface area contributed by atoms with Gasteiger partial charge in [-0.15, -0.1) is 11.3 Å². The van der Waals surface area contributed by atoms with E-state index in [0.29, 0.717) is 4.88 Å².